The predicted molar refractivity (Wildman–Crippen MR) is 70.2 cm³/mol. The molecule has 0 saturated carbocycles. The van der Waals surface area contributed by atoms with Gasteiger partial charge in [-0.2, -0.15) is 10.2 Å². The molecule has 0 aromatic carbocycles. The van der Waals surface area contributed by atoms with Crippen molar-refractivity contribution < 1.29 is 0 Å². The average Bonchev–Trinajstić information content (AvgIpc) is 2.29. The van der Waals surface area contributed by atoms with Gasteiger partial charge in [-0.25, -0.2) is 0 Å². The summed E-state index contributed by atoms with van der Waals surface area (Å²) >= 11 is 5.93. The summed E-state index contributed by atoms with van der Waals surface area (Å²) in [7, 11) is 0. The number of aromatic nitrogens is 2. The second kappa shape index (κ2) is 5.78. The smallest absolute Gasteiger partial charge is 0.0682 e. The Morgan fingerprint density at radius 3 is 3.06 bits per heavy atom. The molecule has 0 radical (unpaired) electrons. The van der Waals surface area contributed by atoms with Crippen LogP contribution in [0.15, 0.2) is 12.3 Å². The van der Waals surface area contributed by atoms with E-state index in [1.54, 1.807) is 6.20 Å². The van der Waals surface area contributed by atoms with Gasteiger partial charge in [0.05, 0.1) is 16.9 Å². The lowest BCUT2D eigenvalue weighted by molar-refractivity contribution is 0.139. The lowest BCUT2D eigenvalue weighted by Gasteiger charge is -2.35. The van der Waals surface area contributed by atoms with Crippen molar-refractivity contribution in [1.29, 1.82) is 0 Å². The fraction of sp³-hybridized carbons (Fsp3) is 0.692. The zero-order chi connectivity index (χ0) is 12.3. The second-order valence-electron chi connectivity index (χ2n) is 5.17. The third-order valence-corrected chi connectivity index (χ3v) is 3.66. The summed E-state index contributed by atoms with van der Waals surface area (Å²) < 4.78 is 0. The van der Waals surface area contributed by atoms with Crippen molar-refractivity contribution in [2.24, 2.45) is 5.92 Å². The van der Waals surface area contributed by atoms with Crippen molar-refractivity contribution in [3.63, 3.8) is 0 Å². The van der Waals surface area contributed by atoms with Gasteiger partial charge in [-0.1, -0.05) is 11.6 Å². The fourth-order valence-electron chi connectivity index (χ4n) is 2.51. The van der Waals surface area contributed by atoms with Crippen LogP contribution in [-0.4, -0.2) is 34.2 Å². The Kier molecular flexibility index (Phi) is 4.35. The van der Waals surface area contributed by atoms with E-state index < -0.39 is 0 Å². The molecule has 0 spiro atoms. The van der Waals surface area contributed by atoms with Crippen LogP contribution < -0.4 is 0 Å². The van der Waals surface area contributed by atoms with E-state index in [1.165, 1.54) is 25.9 Å². The summed E-state index contributed by atoms with van der Waals surface area (Å²) in [6.07, 6.45) is 5.16. The lowest BCUT2D eigenvalue weighted by Crippen LogP contribution is -2.40. The van der Waals surface area contributed by atoms with Gasteiger partial charge in [-0.15, -0.1) is 0 Å². The number of hydrogen-bond acceptors (Lipinski definition) is 3. The van der Waals surface area contributed by atoms with Crippen LogP contribution in [0.4, 0.5) is 0 Å². The largest absolute Gasteiger partial charge is 0.301 e. The Bertz CT molecular complexity index is 367. The summed E-state index contributed by atoms with van der Waals surface area (Å²) in [6, 6.07) is 2.58. The molecule has 94 valence electrons. The van der Waals surface area contributed by atoms with Gasteiger partial charge in [0.15, 0.2) is 0 Å². The number of halogens is 1. The van der Waals surface area contributed by atoms with Crippen LogP contribution in [0.25, 0.3) is 0 Å². The number of nitrogens with zero attached hydrogens (tertiary/aromatic N) is 3. The predicted octanol–water partition coefficient (Wildman–Crippen LogP) is 2.79. The van der Waals surface area contributed by atoms with Crippen molar-refractivity contribution in [2.75, 3.05) is 13.1 Å². The van der Waals surface area contributed by atoms with Crippen LogP contribution in [0.2, 0.25) is 5.02 Å². The first-order chi connectivity index (χ1) is 8.15. The monoisotopic (exact) mass is 253 g/mol. The van der Waals surface area contributed by atoms with E-state index in [4.69, 9.17) is 11.6 Å². The molecule has 4 heteroatoms. The normalized spacial score (nSPS) is 22.0. The van der Waals surface area contributed by atoms with Gasteiger partial charge < -0.3 is 4.90 Å². The van der Waals surface area contributed by atoms with Crippen molar-refractivity contribution in [1.82, 2.24) is 15.1 Å². The maximum Gasteiger partial charge on any atom is 0.0682 e. The van der Waals surface area contributed by atoms with Crippen molar-refractivity contribution in [3.05, 3.63) is 23.0 Å². The molecule has 1 aliphatic rings. The van der Waals surface area contributed by atoms with E-state index in [0.717, 1.165) is 12.1 Å². The average molecular weight is 254 g/mol. The quantitative estimate of drug-likeness (QED) is 0.830. The van der Waals surface area contributed by atoms with Gasteiger partial charge in [0.2, 0.25) is 0 Å². The molecule has 1 unspecified atom stereocenters. The van der Waals surface area contributed by atoms with E-state index >= 15 is 0 Å². The summed E-state index contributed by atoms with van der Waals surface area (Å²) in [4.78, 5) is 2.55. The Morgan fingerprint density at radius 1 is 1.53 bits per heavy atom. The van der Waals surface area contributed by atoms with E-state index in [9.17, 15) is 0 Å². The van der Waals surface area contributed by atoms with Crippen molar-refractivity contribution in [3.8, 4) is 0 Å². The highest BCUT2D eigenvalue weighted by Gasteiger charge is 2.22. The zero-order valence-electron chi connectivity index (χ0n) is 10.6. The minimum Gasteiger partial charge on any atom is -0.301 e. The molecule has 1 fully saturated rings. The van der Waals surface area contributed by atoms with E-state index in [1.807, 2.05) is 6.07 Å². The molecule has 1 aromatic heterocycles. The first kappa shape index (κ1) is 12.8. The molecule has 0 aliphatic carbocycles. The van der Waals surface area contributed by atoms with Crippen LogP contribution in [0.5, 0.6) is 0 Å². The van der Waals surface area contributed by atoms with Crippen LogP contribution in [0, 0.1) is 5.92 Å². The molecule has 1 aromatic rings. The molecule has 0 bridgehead atoms. The molecule has 17 heavy (non-hydrogen) atoms. The molecular weight excluding hydrogens is 234 g/mol. The first-order valence-electron chi connectivity index (χ1n) is 6.36. The summed E-state index contributed by atoms with van der Waals surface area (Å²) in [5.74, 6) is 0.693. The summed E-state index contributed by atoms with van der Waals surface area (Å²) in [5, 5.41) is 8.75. The van der Waals surface area contributed by atoms with Crippen molar-refractivity contribution >= 4 is 11.6 Å². The standard InChI is InChI=1S/C13H20ClN3/c1-10(2)17-5-3-4-11(9-17)6-13-7-12(14)8-15-16-13/h7-8,10-11H,3-6,9H2,1-2H3. The summed E-state index contributed by atoms with van der Waals surface area (Å²) in [5.41, 5.74) is 1.02. The van der Waals surface area contributed by atoms with Crippen LogP contribution in [-0.2, 0) is 6.42 Å². The number of hydrogen-bond donors (Lipinski definition) is 0. The first-order valence-corrected chi connectivity index (χ1v) is 6.74. The fourth-order valence-corrected chi connectivity index (χ4v) is 2.68. The zero-order valence-corrected chi connectivity index (χ0v) is 11.3. The Labute approximate surface area is 108 Å². The van der Waals surface area contributed by atoms with Crippen LogP contribution in [0.1, 0.15) is 32.4 Å². The van der Waals surface area contributed by atoms with Gasteiger partial charge in [-0.3, -0.25) is 0 Å². The molecule has 2 heterocycles. The molecule has 2 rings (SSSR count). The number of likely N-dealkylation sites (tertiary alicyclic amines) is 1. The summed E-state index contributed by atoms with van der Waals surface area (Å²) in [6.45, 7) is 6.93. The van der Waals surface area contributed by atoms with Crippen LogP contribution >= 0.6 is 11.6 Å². The van der Waals surface area contributed by atoms with Crippen LogP contribution in [0.3, 0.4) is 0 Å². The highest BCUT2D eigenvalue weighted by Crippen LogP contribution is 2.22. The number of piperidine rings is 1. The van der Waals surface area contributed by atoms with Gasteiger partial charge in [0, 0.05) is 12.6 Å². The minimum absolute atomic E-state index is 0.642. The second-order valence-corrected chi connectivity index (χ2v) is 5.60. The van der Waals surface area contributed by atoms with Gasteiger partial charge in [-0.05, 0) is 51.6 Å². The van der Waals surface area contributed by atoms with Gasteiger partial charge >= 0.3 is 0 Å². The molecule has 3 nitrogen and oxygen atoms in total. The van der Waals surface area contributed by atoms with E-state index in [2.05, 4.69) is 28.9 Å². The Morgan fingerprint density at radius 2 is 2.35 bits per heavy atom. The molecule has 0 N–H and O–H groups in total. The lowest BCUT2D eigenvalue weighted by atomic mass is 9.92. The molecule has 0 amide bonds. The minimum atomic E-state index is 0.642. The molecule has 1 saturated heterocycles. The SMILES string of the molecule is CC(C)N1CCCC(Cc2cc(Cl)cnn2)C1. The topological polar surface area (TPSA) is 29.0 Å². The maximum atomic E-state index is 5.93. The van der Waals surface area contributed by atoms with E-state index in [-0.39, 0.29) is 0 Å². The molecule has 1 atom stereocenters. The Balaban J connectivity index is 1.94. The highest BCUT2D eigenvalue weighted by atomic mass is 35.5. The third-order valence-electron chi connectivity index (χ3n) is 3.45. The third kappa shape index (κ3) is 3.65. The molecule has 1 aliphatic heterocycles. The maximum absolute atomic E-state index is 5.93. The van der Waals surface area contributed by atoms with E-state index in [0.29, 0.717) is 17.0 Å². The molecular formula is C13H20ClN3. The van der Waals surface area contributed by atoms with Crippen molar-refractivity contribution in [2.45, 2.75) is 39.2 Å². The number of rotatable bonds is 3. The van der Waals surface area contributed by atoms with Gasteiger partial charge in [0.1, 0.15) is 0 Å². The van der Waals surface area contributed by atoms with Gasteiger partial charge in [0.25, 0.3) is 0 Å². The highest BCUT2D eigenvalue weighted by molar-refractivity contribution is 6.30. The Hall–Kier alpha value is -0.670.